The monoisotopic (exact) mass is 269 g/mol. The lowest BCUT2D eigenvalue weighted by atomic mass is 9.90. The molecule has 0 radical (unpaired) electrons. The zero-order valence-electron chi connectivity index (χ0n) is 11.5. The van der Waals surface area contributed by atoms with E-state index in [1.165, 1.54) is 0 Å². The first-order chi connectivity index (χ1) is 9.55. The first kappa shape index (κ1) is 14.3. The zero-order chi connectivity index (χ0) is 14.6. The van der Waals surface area contributed by atoms with Gasteiger partial charge in [-0.05, 0) is 23.1 Å². The molecule has 0 saturated heterocycles. The average molecular weight is 269 g/mol. The number of carbonyl (C=O) groups is 1. The molecule has 0 spiro atoms. The lowest BCUT2D eigenvalue weighted by Crippen LogP contribution is -2.45. The maximum Gasteiger partial charge on any atom is 0.249 e. The predicted octanol–water partition coefficient (Wildman–Crippen LogP) is 2.52. The Morgan fingerprint density at radius 1 is 1.05 bits per heavy atom. The average Bonchev–Trinajstić information content (AvgIpc) is 2.48. The van der Waals surface area contributed by atoms with E-state index in [4.69, 9.17) is 5.73 Å². The molecular weight excluding hydrogens is 250 g/mol. The molecule has 0 saturated carbocycles. The molecule has 0 aromatic heterocycles. The highest BCUT2D eigenvalue weighted by Gasteiger charge is 2.31. The summed E-state index contributed by atoms with van der Waals surface area (Å²) in [5, 5.41) is 10.2. The van der Waals surface area contributed by atoms with E-state index in [9.17, 15) is 9.90 Å². The SMILES string of the molecule is CCC(O)(Cc1ccc(-c2ccccc2)cc1)C(N)=O. The summed E-state index contributed by atoms with van der Waals surface area (Å²) in [6.45, 7) is 1.75. The van der Waals surface area contributed by atoms with Crippen LogP contribution in [0.3, 0.4) is 0 Å². The number of hydrogen-bond donors (Lipinski definition) is 2. The summed E-state index contributed by atoms with van der Waals surface area (Å²) in [6, 6.07) is 17.9. The molecule has 1 unspecified atom stereocenters. The first-order valence-electron chi connectivity index (χ1n) is 6.72. The smallest absolute Gasteiger partial charge is 0.249 e. The molecule has 2 rings (SSSR count). The van der Waals surface area contributed by atoms with Crippen LogP contribution in [0.5, 0.6) is 0 Å². The standard InChI is InChI=1S/C17H19NO2/c1-2-17(20,16(18)19)12-13-8-10-15(11-9-13)14-6-4-3-5-7-14/h3-11,20H,2,12H2,1H3,(H2,18,19). The van der Waals surface area contributed by atoms with E-state index in [-0.39, 0.29) is 6.42 Å². The molecule has 1 atom stereocenters. The quantitative estimate of drug-likeness (QED) is 0.876. The number of nitrogens with two attached hydrogens (primary N) is 1. The molecule has 0 heterocycles. The highest BCUT2D eigenvalue weighted by molar-refractivity contribution is 5.83. The van der Waals surface area contributed by atoms with Crippen molar-refractivity contribution >= 4 is 5.91 Å². The molecule has 0 fully saturated rings. The van der Waals surface area contributed by atoms with Gasteiger partial charge in [0.05, 0.1) is 0 Å². The minimum Gasteiger partial charge on any atom is -0.380 e. The number of rotatable bonds is 5. The van der Waals surface area contributed by atoms with E-state index < -0.39 is 11.5 Å². The maximum atomic E-state index is 11.3. The lowest BCUT2D eigenvalue weighted by Gasteiger charge is -2.22. The van der Waals surface area contributed by atoms with Gasteiger partial charge in [0.15, 0.2) is 0 Å². The van der Waals surface area contributed by atoms with Gasteiger partial charge in [0, 0.05) is 6.42 Å². The van der Waals surface area contributed by atoms with Crippen molar-refractivity contribution < 1.29 is 9.90 Å². The van der Waals surface area contributed by atoms with Gasteiger partial charge in [-0.1, -0.05) is 61.5 Å². The zero-order valence-corrected chi connectivity index (χ0v) is 11.5. The Hall–Kier alpha value is -2.13. The molecular formula is C17H19NO2. The van der Waals surface area contributed by atoms with Crippen molar-refractivity contribution in [2.24, 2.45) is 5.73 Å². The van der Waals surface area contributed by atoms with E-state index in [1.54, 1.807) is 6.92 Å². The van der Waals surface area contributed by atoms with Gasteiger partial charge < -0.3 is 10.8 Å². The summed E-state index contributed by atoms with van der Waals surface area (Å²) in [5.74, 6) is -0.674. The van der Waals surface area contributed by atoms with Crippen LogP contribution in [0.4, 0.5) is 0 Å². The summed E-state index contributed by atoms with van der Waals surface area (Å²) in [4.78, 5) is 11.3. The largest absolute Gasteiger partial charge is 0.380 e. The van der Waals surface area contributed by atoms with Crippen LogP contribution in [-0.4, -0.2) is 16.6 Å². The lowest BCUT2D eigenvalue weighted by molar-refractivity contribution is -0.136. The van der Waals surface area contributed by atoms with Gasteiger partial charge in [-0.3, -0.25) is 4.79 Å². The molecule has 3 nitrogen and oxygen atoms in total. The van der Waals surface area contributed by atoms with Gasteiger partial charge in [0.2, 0.25) is 5.91 Å². The van der Waals surface area contributed by atoms with Crippen molar-refractivity contribution in [3.63, 3.8) is 0 Å². The number of benzene rings is 2. The van der Waals surface area contributed by atoms with Crippen molar-refractivity contribution in [2.45, 2.75) is 25.4 Å². The number of primary amides is 1. The second-order valence-electron chi connectivity index (χ2n) is 4.99. The highest BCUT2D eigenvalue weighted by Crippen LogP contribution is 2.22. The number of carbonyl (C=O) groups excluding carboxylic acids is 1. The van der Waals surface area contributed by atoms with E-state index in [0.29, 0.717) is 6.42 Å². The van der Waals surface area contributed by atoms with Crippen molar-refractivity contribution in [3.8, 4) is 11.1 Å². The summed E-state index contributed by atoms with van der Waals surface area (Å²) >= 11 is 0. The molecule has 0 aliphatic carbocycles. The molecule has 3 N–H and O–H groups in total. The predicted molar refractivity (Wildman–Crippen MR) is 80.0 cm³/mol. The molecule has 104 valence electrons. The fourth-order valence-corrected chi connectivity index (χ4v) is 2.17. The van der Waals surface area contributed by atoms with Crippen LogP contribution >= 0.6 is 0 Å². The third-order valence-electron chi connectivity index (χ3n) is 3.60. The van der Waals surface area contributed by atoms with E-state index >= 15 is 0 Å². The summed E-state index contributed by atoms with van der Waals surface area (Å²) in [6.07, 6.45) is 0.552. The van der Waals surface area contributed by atoms with Crippen molar-refractivity contribution in [2.75, 3.05) is 0 Å². The molecule has 1 amide bonds. The van der Waals surface area contributed by atoms with Crippen LogP contribution in [0.25, 0.3) is 11.1 Å². The number of aliphatic hydroxyl groups is 1. The summed E-state index contributed by atoms with van der Waals surface area (Å²) in [5.41, 5.74) is 6.94. The molecule has 2 aromatic rings. The highest BCUT2D eigenvalue weighted by atomic mass is 16.3. The number of amides is 1. The second kappa shape index (κ2) is 5.88. The number of hydrogen-bond acceptors (Lipinski definition) is 2. The van der Waals surface area contributed by atoms with Crippen LogP contribution in [0.2, 0.25) is 0 Å². The summed E-state index contributed by atoms with van der Waals surface area (Å²) < 4.78 is 0. The Bertz CT molecular complexity index is 578. The molecule has 3 heteroatoms. The van der Waals surface area contributed by atoms with Gasteiger partial charge in [-0.25, -0.2) is 0 Å². The van der Waals surface area contributed by atoms with Crippen molar-refractivity contribution in [1.29, 1.82) is 0 Å². The maximum absolute atomic E-state index is 11.3. The minimum atomic E-state index is -1.46. The van der Waals surface area contributed by atoms with E-state index in [2.05, 4.69) is 0 Å². The molecule has 0 bridgehead atoms. The fourth-order valence-electron chi connectivity index (χ4n) is 2.17. The van der Waals surface area contributed by atoms with Crippen LogP contribution in [0.15, 0.2) is 54.6 Å². The van der Waals surface area contributed by atoms with Crippen molar-refractivity contribution in [1.82, 2.24) is 0 Å². The van der Waals surface area contributed by atoms with Crippen LogP contribution in [-0.2, 0) is 11.2 Å². The van der Waals surface area contributed by atoms with Crippen LogP contribution in [0, 0.1) is 0 Å². The Morgan fingerprint density at radius 3 is 2.10 bits per heavy atom. The minimum absolute atomic E-state index is 0.244. The molecule has 20 heavy (non-hydrogen) atoms. The fraction of sp³-hybridized carbons (Fsp3) is 0.235. The summed E-state index contributed by atoms with van der Waals surface area (Å²) in [7, 11) is 0. The Balaban J connectivity index is 2.19. The Kier molecular flexibility index (Phi) is 4.20. The van der Waals surface area contributed by atoms with Gasteiger partial charge in [0.1, 0.15) is 5.60 Å². The molecule has 0 aliphatic heterocycles. The van der Waals surface area contributed by atoms with Crippen molar-refractivity contribution in [3.05, 3.63) is 60.2 Å². The van der Waals surface area contributed by atoms with Gasteiger partial charge in [0.25, 0.3) is 0 Å². The van der Waals surface area contributed by atoms with Gasteiger partial charge in [-0.15, -0.1) is 0 Å². The molecule has 2 aromatic carbocycles. The normalized spacial score (nSPS) is 13.7. The second-order valence-corrected chi connectivity index (χ2v) is 4.99. The topological polar surface area (TPSA) is 63.3 Å². The first-order valence-corrected chi connectivity index (χ1v) is 6.72. The Labute approximate surface area is 119 Å². The van der Waals surface area contributed by atoms with Gasteiger partial charge >= 0.3 is 0 Å². The van der Waals surface area contributed by atoms with Gasteiger partial charge in [-0.2, -0.15) is 0 Å². The van der Waals surface area contributed by atoms with Crippen LogP contribution in [0.1, 0.15) is 18.9 Å². The van der Waals surface area contributed by atoms with E-state index in [0.717, 1.165) is 16.7 Å². The third kappa shape index (κ3) is 3.06. The Morgan fingerprint density at radius 2 is 1.60 bits per heavy atom. The third-order valence-corrected chi connectivity index (χ3v) is 3.60. The molecule has 0 aliphatic rings. The van der Waals surface area contributed by atoms with Crippen LogP contribution < -0.4 is 5.73 Å². The van der Waals surface area contributed by atoms with E-state index in [1.807, 2.05) is 54.6 Å².